The smallest absolute Gasteiger partial charge is 0.408 e. The Balaban J connectivity index is 1.46. The summed E-state index contributed by atoms with van der Waals surface area (Å²) in [5.41, 5.74) is 2.69. The van der Waals surface area contributed by atoms with Gasteiger partial charge in [-0.2, -0.15) is 0 Å². The van der Waals surface area contributed by atoms with Crippen LogP contribution in [0.4, 0.5) is 5.69 Å². The Morgan fingerprint density at radius 2 is 1.72 bits per heavy atom. The average molecular weight is 332 g/mol. The lowest BCUT2D eigenvalue weighted by Crippen LogP contribution is -2.22. The number of anilines is 1. The molecule has 126 valence electrons. The summed E-state index contributed by atoms with van der Waals surface area (Å²) in [6.45, 7) is 1.51. The molecule has 0 saturated carbocycles. The number of aryl methyl sites for hydroxylation is 1. The monoisotopic (exact) mass is 332 g/mol. The third-order valence-electron chi connectivity index (χ3n) is 4.62. The van der Waals surface area contributed by atoms with Crippen molar-refractivity contribution in [1.29, 1.82) is 0 Å². The van der Waals surface area contributed by atoms with Crippen molar-refractivity contribution in [2.24, 2.45) is 0 Å². The van der Waals surface area contributed by atoms with E-state index < -0.39 is 0 Å². The van der Waals surface area contributed by atoms with Gasteiger partial charge in [-0.15, -0.1) is 0 Å². The van der Waals surface area contributed by atoms with E-state index in [1.807, 2.05) is 24.3 Å². The number of benzene rings is 3. The van der Waals surface area contributed by atoms with Crippen LogP contribution in [0.15, 0.2) is 75.9 Å². The molecule has 4 aromatic rings. The van der Waals surface area contributed by atoms with Crippen LogP contribution in [0.1, 0.15) is 6.42 Å². The third-order valence-corrected chi connectivity index (χ3v) is 4.62. The molecule has 0 fully saturated rings. The number of para-hydroxylation sites is 2. The predicted octanol–water partition coefficient (Wildman–Crippen LogP) is 4.27. The van der Waals surface area contributed by atoms with Crippen molar-refractivity contribution in [3.8, 4) is 0 Å². The van der Waals surface area contributed by atoms with Gasteiger partial charge in [-0.1, -0.05) is 42.5 Å². The van der Waals surface area contributed by atoms with Gasteiger partial charge in [-0.25, -0.2) is 4.79 Å². The van der Waals surface area contributed by atoms with Crippen molar-refractivity contribution in [1.82, 2.24) is 4.57 Å². The molecule has 0 unspecified atom stereocenters. The lowest BCUT2D eigenvalue weighted by molar-refractivity contribution is 0.498. The first kappa shape index (κ1) is 15.5. The van der Waals surface area contributed by atoms with Crippen molar-refractivity contribution in [3.63, 3.8) is 0 Å². The first-order valence-corrected chi connectivity index (χ1v) is 8.51. The number of hydrogen-bond donors (Lipinski definition) is 0. The quantitative estimate of drug-likeness (QED) is 0.548. The summed E-state index contributed by atoms with van der Waals surface area (Å²) >= 11 is 0. The van der Waals surface area contributed by atoms with Crippen LogP contribution in [-0.4, -0.2) is 18.2 Å². The molecule has 1 heterocycles. The maximum Gasteiger partial charge on any atom is 0.419 e. The highest BCUT2D eigenvalue weighted by atomic mass is 16.4. The molecule has 0 aliphatic heterocycles. The molecular weight excluding hydrogens is 312 g/mol. The Kier molecular flexibility index (Phi) is 4.02. The molecular formula is C21H20N2O2. The summed E-state index contributed by atoms with van der Waals surface area (Å²) in [7, 11) is 2.08. The number of nitrogens with zero attached hydrogens (tertiary/aromatic N) is 2. The summed E-state index contributed by atoms with van der Waals surface area (Å²) < 4.78 is 7.00. The van der Waals surface area contributed by atoms with Crippen LogP contribution in [0.2, 0.25) is 0 Å². The average Bonchev–Trinajstić information content (AvgIpc) is 2.96. The van der Waals surface area contributed by atoms with Crippen molar-refractivity contribution in [3.05, 3.63) is 77.3 Å². The van der Waals surface area contributed by atoms with Gasteiger partial charge in [-0.05, 0) is 41.5 Å². The molecule has 0 spiro atoms. The largest absolute Gasteiger partial charge is 0.419 e. The first-order valence-electron chi connectivity index (χ1n) is 8.51. The van der Waals surface area contributed by atoms with Gasteiger partial charge in [0, 0.05) is 25.8 Å². The molecule has 0 bridgehead atoms. The Labute approximate surface area is 145 Å². The van der Waals surface area contributed by atoms with Crippen molar-refractivity contribution in [2.45, 2.75) is 13.0 Å². The molecule has 0 N–H and O–H groups in total. The SMILES string of the molecule is CN(CCCn1c(=O)oc2ccccc21)c1ccc2ccccc2c1. The van der Waals surface area contributed by atoms with Gasteiger partial charge in [0.2, 0.25) is 0 Å². The van der Waals surface area contributed by atoms with E-state index in [1.165, 1.54) is 16.5 Å². The predicted molar refractivity (Wildman–Crippen MR) is 102 cm³/mol. The van der Waals surface area contributed by atoms with Crippen LogP contribution >= 0.6 is 0 Å². The van der Waals surface area contributed by atoms with Gasteiger partial charge in [0.25, 0.3) is 0 Å². The van der Waals surface area contributed by atoms with E-state index in [4.69, 9.17) is 4.42 Å². The highest BCUT2D eigenvalue weighted by Crippen LogP contribution is 2.21. The van der Waals surface area contributed by atoms with E-state index in [0.717, 1.165) is 18.5 Å². The number of rotatable bonds is 5. The number of hydrogen-bond acceptors (Lipinski definition) is 3. The van der Waals surface area contributed by atoms with Gasteiger partial charge in [-0.3, -0.25) is 4.57 Å². The Hall–Kier alpha value is -3.01. The summed E-state index contributed by atoms with van der Waals surface area (Å²) in [5, 5.41) is 2.49. The van der Waals surface area contributed by atoms with Gasteiger partial charge >= 0.3 is 5.76 Å². The number of fused-ring (bicyclic) bond motifs is 2. The maximum atomic E-state index is 12.0. The molecule has 4 heteroatoms. The van der Waals surface area contributed by atoms with Crippen LogP contribution in [-0.2, 0) is 6.54 Å². The molecule has 4 rings (SSSR count). The normalized spacial score (nSPS) is 11.2. The van der Waals surface area contributed by atoms with Crippen LogP contribution in [0.25, 0.3) is 21.9 Å². The maximum absolute atomic E-state index is 12.0. The minimum absolute atomic E-state index is 0.283. The second-order valence-electron chi connectivity index (χ2n) is 6.29. The Morgan fingerprint density at radius 1 is 0.960 bits per heavy atom. The van der Waals surface area contributed by atoms with Crippen LogP contribution in [0, 0.1) is 0 Å². The van der Waals surface area contributed by atoms with Gasteiger partial charge in [0.05, 0.1) is 5.52 Å². The molecule has 0 amide bonds. The zero-order chi connectivity index (χ0) is 17.2. The molecule has 0 aliphatic rings. The minimum atomic E-state index is -0.283. The van der Waals surface area contributed by atoms with E-state index in [1.54, 1.807) is 4.57 Å². The van der Waals surface area contributed by atoms with Gasteiger partial charge < -0.3 is 9.32 Å². The van der Waals surface area contributed by atoms with E-state index >= 15 is 0 Å². The lowest BCUT2D eigenvalue weighted by Gasteiger charge is -2.19. The Morgan fingerprint density at radius 3 is 2.60 bits per heavy atom. The zero-order valence-corrected chi connectivity index (χ0v) is 14.2. The second kappa shape index (κ2) is 6.48. The number of aromatic nitrogens is 1. The molecule has 0 saturated heterocycles. The Bertz CT molecular complexity index is 1080. The molecule has 25 heavy (non-hydrogen) atoms. The van der Waals surface area contributed by atoms with E-state index in [2.05, 4.69) is 54.4 Å². The van der Waals surface area contributed by atoms with E-state index in [-0.39, 0.29) is 5.76 Å². The second-order valence-corrected chi connectivity index (χ2v) is 6.29. The fraction of sp³-hybridized carbons (Fsp3) is 0.190. The van der Waals surface area contributed by atoms with E-state index in [0.29, 0.717) is 12.1 Å². The summed E-state index contributed by atoms with van der Waals surface area (Å²) in [5.74, 6) is -0.283. The number of oxazole rings is 1. The fourth-order valence-corrected chi connectivity index (χ4v) is 3.23. The van der Waals surface area contributed by atoms with Crippen molar-refractivity contribution in [2.75, 3.05) is 18.5 Å². The highest BCUT2D eigenvalue weighted by molar-refractivity contribution is 5.85. The minimum Gasteiger partial charge on any atom is -0.408 e. The molecule has 0 radical (unpaired) electrons. The fourth-order valence-electron chi connectivity index (χ4n) is 3.23. The molecule has 0 aliphatic carbocycles. The van der Waals surface area contributed by atoms with Crippen LogP contribution < -0.4 is 10.7 Å². The van der Waals surface area contributed by atoms with Gasteiger partial charge in [0.1, 0.15) is 0 Å². The third kappa shape index (κ3) is 3.03. The standard InChI is InChI=1S/C21H20N2O2/c1-22(18-12-11-16-7-2-3-8-17(16)15-18)13-6-14-23-19-9-4-5-10-20(19)25-21(23)24/h2-5,7-12,15H,6,13-14H2,1H3. The summed E-state index contributed by atoms with van der Waals surface area (Å²) in [6.07, 6.45) is 0.868. The van der Waals surface area contributed by atoms with Crippen molar-refractivity contribution < 1.29 is 4.42 Å². The first-order chi connectivity index (χ1) is 12.2. The lowest BCUT2D eigenvalue weighted by atomic mass is 10.1. The highest BCUT2D eigenvalue weighted by Gasteiger charge is 2.09. The van der Waals surface area contributed by atoms with Gasteiger partial charge in [0.15, 0.2) is 5.58 Å². The van der Waals surface area contributed by atoms with Crippen LogP contribution in [0.3, 0.4) is 0 Å². The molecule has 4 nitrogen and oxygen atoms in total. The van der Waals surface area contributed by atoms with Crippen molar-refractivity contribution >= 4 is 27.6 Å². The van der Waals surface area contributed by atoms with Crippen LogP contribution in [0.5, 0.6) is 0 Å². The topological polar surface area (TPSA) is 38.4 Å². The summed E-state index contributed by atoms with van der Waals surface area (Å²) in [4.78, 5) is 14.2. The molecule has 3 aromatic carbocycles. The van der Waals surface area contributed by atoms with E-state index in [9.17, 15) is 4.79 Å². The zero-order valence-electron chi connectivity index (χ0n) is 14.2. The summed E-state index contributed by atoms with van der Waals surface area (Å²) in [6, 6.07) is 22.4. The molecule has 0 atom stereocenters. The molecule has 1 aromatic heterocycles.